The molecule has 1 N–H and O–H groups in total. The Labute approximate surface area is 143 Å². The molecule has 0 unspecified atom stereocenters. The first kappa shape index (κ1) is 16.5. The van der Waals surface area contributed by atoms with Crippen molar-refractivity contribution in [1.29, 1.82) is 0 Å². The van der Waals surface area contributed by atoms with Gasteiger partial charge in [0, 0.05) is 20.6 Å². The van der Waals surface area contributed by atoms with Gasteiger partial charge in [-0.15, -0.1) is 15.3 Å². The molecule has 3 rings (SSSR count). The summed E-state index contributed by atoms with van der Waals surface area (Å²) in [5, 5.41) is 18.9. The third kappa shape index (κ3) is 3.60. The van der Waals surface area contributed by atoms with Crippen LogP contribution in [-0.4, -0.2) is 51.7 Å². The number of nitrogens with one attached hydrogen (secondary N) is 1. The third-order valence-electron chi connectivity index (χ3n) is 3.58. The smallest absolute Gasteiger partial charge is 0.277 e. The second-order valence-electron chi connectivity index (χ2n) is 5.56. The highest BCUT2D eigenvalue weighted by molar-refractivity contribution is 5.92. The van der Waals surface area contributed by atoms with Crippen LogP contribution in [-0.2, 0) is 6.54 Å². The minimum Gasteiger partial charge on any atom is -0.361 e. The van der Waals surface area contributed by atoms with Crippen molar-refractivity contribution in [3.05, 3.63) is 52.4 Å². The summed E-state index contributed by atoms with van der Waals surface area (Å²) in [7, 11) is 3.68. The van der Waals surface area contributed by atoms with Crippen molar-refractivity contribution in [2.45, 2.75) is 6.54 Å². The van der Waals surface area contributed by atoms with Gasteiger partial charge in [0.2, 0.25) is 0 Å². The molecular formula is C16H17N7O2. The van der Waals surface area contributed by atoms with Crippen LogP contribution in [0.25, 0.3) is 10.9 Å². The summed E-state index contributed by atoms with van der Waals surface area (Å²) in [6, 6.07) is 10.3. The van der Waals surface area contributed by atoms with Gasteiger partial charge >= 0.3 is 0 Å². The number of nitrogens with zero attached hydrogens (tertiary/aromatic N) is 6. The number of aromatic nitrogens is 5. The number of carbonyl (C=O) groups is 1. The molecule has 0 saturated heterocycles. The van der Waals surface area contributed by atoms with Gasteiger partial charge < -0.3 is 10.2 Å². The standard InChI is InChI=1S/C16H17N7O2/c1-22(2)14-8-7-13(18-20-14)15(24)17-9-10-23-16(25)11-5-3-4-6-12(11)19-21-23/h3-8H,9-10H2,1-2H3,(H,17,24). The van der Waals surface area contributed by atoms with E-state index in [9.17, 15) is 9.59 Å². The fourth-order valence-electron chi connectivity index (χ4n) is 2.22. The van der Waals surface area contributed by atoms with Gasteiger partial charge in [-0.25, -0.2) is 4.68 Å². The van der Waals surface area contributed by atoms with Crippen molar-refractivity contribution in [2.75, 3.05) is 25.5 Å². The monoisotopic (exact) mass is 339 g/mol. The maximum atomic E-state index is 12.3. The lowest BCUT2D eigenvalue weighted by molar-refractivity contribution is 0.0945. The lowest BCUT2D eigenvalue weighted by Crippen LogP contribution is -2.33. The van der Waals surface area contributed by atoms with E-state index in [2.05, 4.69) is 25.8 Å². The van der Waals surface area contributed by atoms with Crippen molar-refractivity contribution in [3.8, 4) is 0 Å². The number of hydrogen-bond acceptors (Lipinski definition) is 7. The number of amides is 1. The minimum absolute atomic E-state index is 0.211. The van der Waals surface area contributed by atoms with E-state index in [1.54, 1.807) is 41.3 Å². The molecule has 1 amide bonds. The fraction of sp³-hybridized carbons (Fsp3) is 0.250. The molecule has 1 aromatic carbocycles. The minimum atomic E-state index is -0.361. The second-order valence-corrected chi connectivity index (χ2v) is 5.56. The molecule has 0 saturated carbocycles. The summed E-state index contributed by atoms with van der Waals surface area (Å²) < 4.78 is 1.23. The van der Waals surface area contributed by atoms with Gasteiger partial charge in [0.15, 0.2) is 11.5 Å². The Morgan fingerprint density at radius 3 is 2.64 bits per heavy atom. The highest BCUT2D eigenvalue weighted by Crippen LogP contribution is 2.05. The average Bonchev–Trinajstić information content (AvgIpc) is 2.64. The van der Waals surface area contributed by atoms with Gasteiger partial charge in [-0.2, -0.15) is 0 Å². The molecule has 0 radical (unpaired) electrons. The number of hydrogen-bond donors (Lipinski definition) is 1. The first-order valence-electron chi connectivity index (χ1n) is 7.68. The fourth-order valence-corrected chi connectivity index (χ4v) is 2.22. The van der Waals surface area contributed by atoms with E-state index < -0.39 is 0 Å². The lowest BCUT2D eigenvalue weighted by atomic mass is 10.2. The van der Waals surface area contributed by atoms with Gasteiger partial charge in [0.1, 0.15) is 5.52 Å². The van der Waals surface area contributed by atoms with Crippen molar-refractivity contribution in [1.82, 2.24) is 30.5 Å². The Hall–Kier alpha value is -3.36. The molecule has 0 spiro atoms. The molecule has 128 valence electrons. The van der Waals surface area contributed by atoms with E-state index in [4.69, 9.17) is 0 Å². The number of carbonyl (C=O) groups excluding carboxylic acids is 1. The van der Waals surface area contributed by atoms with Crippen LogP contribution in [0.3, 0.4) is 0 Å². The Morgan fingerprint density at radius 2 is 1.92 bits per heavy atom. The molecule has 2 heterocycles. The molecule has 0 aliphatic rings. The Balaban J connectivity index is 1.63. The highest BCUT2D eigenvalue weighted by atomic mass is 16.2. The largest absolute Gasteiger partial charge is 0.361 e. The molecule has 0 aliphatic heterocycles. The van der Waals surface area contributed by atoms with Crippen LogP contribution in [0, 0.1) is 0 Å². The molecule has 0 atom stereocenters. The van der Waals surface area contributed by atoms with E-state index in [0.717, 1.165) is 0 Å². The number of rotatable bonds is 5. The van der Waals surface area contributed by atoms with Crippen LogP contribution in [0.5, 0.6) is 0 Å². The zero-order valence-electron chi connectivity index (χ0n) is 13.9. The second kappa shape index (κ2) is 7.04. The molecule has 0 aliphatic carbocycles. The van der Waals surface area contributed by atoms with Crippen LogP contribution in [0.15, 0.2) is 41.2 Å². The molecule has 9 nitrogen and oxygen atoms in total. The molecule has 2 aromatic heterocycles. The molecule has 3 aromatic rings. The number of benzene rings is 1. The van der Waals surface area contributed by atoms with Crippen LogP contribution < -0.4 is 15.8 Å². The predicted octanol–water partition coefficient (Wildman–Crippen LogP) is 0.0775. The first-order valence-corrected chi connectivity index (χ1v) is 7.68. The summed E-state index contributed by atoms with van der Waals surface area (Å²) in [5.74, 6) is 0.300. The van der Waals surface area contributed by atoms with Crippen molar-refractivity contribution >= 4 is 22.6 Å². The summed E-state index contributed by atoms with van der Waals surface area (Å²) in [4.78, 5) is 26.2. The molecule has 9 heteroatoms. The van der Waals surface area contributed by atoms with Crippen LogP contribution in [0.1, 0.15) is 10.5 Å². The summed E-state index contributed by atoms with van der Waals surface area (Å²) in [6.07, 6.45) is 0. The Bertz CT molecular complexity index is 951. The van der Waals surface area contributed by atoms with Gasteiger partial charge in [0.25, 0.3) is 11.5 Å². The maximum absolute atomic E-state index is 12.3. The Morgan fingerprint density at radius 1 is 1.12 bits per heavy atom. The Kier molecular flexibility index (Phi) is 4.64. The van der Waals surface area contributed by atoms with E-state index in [1.807, 2.05) is 14.1 Å². The van der Waals surface area contributed by atoms with Crippen molar-refractivity contribution in [3.63, 3.8) is 0 Å². The summed E-state index contributed by atoms with van der Waals surface area (Å²) >= 11 is 0. The van der Waals surface area contributed by atoms with Gasteiger partial charge in [0.05, 0.1) is 11.9 Å². The maximum Gasteiger partial charge on any atom is 0.277 e. The molecule has 0 bridgehead atoms. The van der Waals surface area contributed by atoms with Crippen molar-refractivity contribution in [2.24, 2.45) is 0 Å². The highest BCUT2D eigenvalue weighted by Gasteiger charge is 2.09. The van der Waals surface area contributed by atoms with E-state index in [0.29, 0.717) is 16.7 Å². The van der Waals surface area contributed by atoms with Crippen molar-refractivity contribution < 1.29 is 4.79 Å². The lowest BCUT2D eigenvalue weighted by Gasteiger charge is -2.10. The zero-order valence-corrected chi connectivity index (χ0v) is 13.9. The topological polar surface area (TPSA) is 106 Å². The summed E-state index contributed by atoms with van der Waals surface area (Å²) in [6.45, 7) is 0.439. The van der Waals surface area contributed by atoms with E-state index in [1.165, 1.54) is 4.68 Å². The summed E-state index contributed by atoms with van der Waals surface area (Å²) in [5.41, 5.74) is 0.515. The van der Waals surface area contributed by atoms with Gasteiger partial charge in [-0.3, -0.25) is 9.59 Å². The van der Waals surface area contributed by atoms with Crippen LogP contribution in [0.4, 0.5) is 5.82 Å². The predicted molar refractivity (Wildman–Crippen MR) is 92.5 cm³/mol. The third-order valence-corrected chi connectivity index (χ3v) is 3.58. The molecule has 0 fully saturated rings. The molecular weight excluding hydrogens is 322 g/mol. The zero-order chi connectivity index (χ0) is 17.8. The van der Waals surface area contributed by atoms with E-state index >= 15 is 0 Å². The van der Waals surface area contributed by atoms with E-state index in [-0.39, 0.29) is 30.2 Å². The quantitative estimate of drug-likeness (QED) is 0.701. The number of fused-ring (bicyclic) bond motifs is 1. The SMILES string of the molecule is CN(C)c1ccc(C(=O)NCCn2nnc3ccccc3c2=O)nn1. The van der Waals surface area contributed by atoms with Gasteiger partial charge in [-0.05, 0) is 24.3 Å². The first-order chi connectivity index (χ1) is 12.1. The average molecular weight is 339 g/mol. The molecule has 25 heavy (non-hydrogen) atoms. The normalized spacial score (nSPS) is 10.6. The number of anilines is 1. The van der Waals surface area contributed by atoms with Crippen LogP contribution in [0.2, 0.25) is 0 Å². The van der Waals surface area contributed by atoms with Crippen LogP contribution >= 0.6 is 0 Å². The van der Waals surface area contributed by atoms with Gasteiger partial charge in [-0.1, -0.05) is 17.3 Å².